The standard InChI is InChI=1S/C46H52N4O7/c1-50(29-42(53)36-12-8-14-38(52)25-36)28-39-26-43(33-21-19-31(30-51)20-22-33)57-46(56-39)37-13-7-11-35(24-37)34-10-6-9-32(23-34)27-48-44(54)17-4-5-18-45(55)49-41-16-3-2-15-40(41)47/h2-3,6-16,19-25,39,42-43,46,51-53H,4-5,17-18,26-30,47H2,1H3,(H,48,54)(H,49,55). The molecule has 1 aliphatic rings. The predicted octanol–water partition coefficient (Wildman–Crippen LogP) is 7.16. The van der Waals surface area contributed by atoms with Crippen LogP contribution in [0.3, 0.4) is 0 Å². The number of nitrogens with zero attached hydrogens (tertiary/aromatic N) is 1. The van der Waals surface area contributed by atoms with E-state index in [1.165, 1.54) is 0 Å². The van der Waals surface area contributed by atoms with Gasteiger partial charge in [0, 0.05) is 44.5 Å². The summed E-state index contributed by atoms with van der Waals surface area (Å²) in [5.74, 6) is -0.0929. The van der Waals surface area contributed by atoms with Crippen LogP contribution in [-0.4, -0.2) is 58.3 Å². The number of rotatable bonds is 17. The number of phenols is 1. The molecule has 4 atom stereocenters. The van der Waals surface area contributed by atoms with Crippen LogP contribution in [0.15, 0.2) is 121 Å². The molecule has 11 heteroatoms. The number of benzene rings is 5. The third-order valence-corrected chi connectivity index (χ3v) is 10.1. The molecule has 0 radical (unpaired) electrons. The molecular weight excluding hydrogens is 721 g/mol. The number of likely N-dealkylation sites (N-methyl/N-ethyl adjacent to an activating group) is 1. The number of nitrogens with two attached hydrogens (primary N) is 1. The first-order valence-corrected chi connectivity index (χ1v) is 19.4. The summed E-state index contributed by atoms with van der Waals surface area (Å²) in [6.45, 7) is 1.22. The van der Waals surface area contributed by atoms with Gasteiger partial charge in [-0.2, -0.15) is 0 Å². The number of nitrogen functional groups attached to an aromatic ring is 1. The Hall–Kier alpha value is -5.56. The molecule has 0 bridgehead atoms. The van der Waals surface area contributed by atoms with Crippen molar-refractivity contribution in [1.29, 1.82) is 0 Å². The van der Waals surface area contributed by atoms with Crippen LogP contribution in [0.4, 0.5) is 11.4 Å². The summed E-state index contributed by atoms with van der Waals surface area (Å²) in [5, 5.41) is 36.2. The molecule has 1 fully saturated rings. The topological polar surface area (TPSA) is 167 Å². The highest BCUT2D eigenvalue weighted by Gasteiger charge is 2.33. The van der Waals surface area contributed by atoms with Crippen molar-refractivity contribution in [2.24, 2.45) is 0 Å². The number of carbonyl (C=O) groups excluding carboxylic acids is 2. The van der Waals surface area contributed by atoms with E-state index in [4.69, 9.17) is 15.2 Å². The number of para-hydroxylation sites is 2. The first-order chi connectivity index (χ1) is 27.6. The largest absolute Gasteiger partial charge is 0.508 e. The maximum absolute atomic E-state index is 12.7. The molecular formula is C46H52N4O7. The van der Waals surface area contributed by atoms with Gasteiger partial charge in [0.15, 0.2) is 6.29 Å². The molecule has 5 aromatic rings. The van der Waals surface area contributed by atoms with Crippen LogP contribution in [0.5, 0.6) is 5.75 Å². The van der Waals surface area contributed by atoms with Gasteiger partial charge in [0.1, 0.15) is 5.75 Å². The average Bonchev–Trinajstić information content (AvgIpc) is 3.22. The minimum absolute atomic E-state index is 0.0408. The van der Waals surface area contributed by atoms with Gasteiger partial charge in [-0.3, -0.25) is 9.59 Å². The molecule has 2 amide bonds. The third kappa shape index (κ3) is 12.0. The highest BCUT2D eigenvalue weighted by atomic mass is 16.7. The van der Waals surface area contributed by atoms with Crippen LogP contribution in [0.2, 0.25) is 0 Å². The van der Waals surface area contributed by atoms with Gasteiger partial charge >= 0.3 is 0 Å². The summed E-state index contributed by atoms with van der Waals surface area (Å²) in [4.78, 5) is 27.0. The van der Waals surface area contributed by atoms with E-state index in [1.807, 2.05) is 84.7 Å². The molecule has 0 saturated carbocycles. The summed E-state index contributed by atoms with van der Waals surface area (Å²) in [6.07, 6.45) is 0.452. The van der Waals surface area contributed by atoms with Crippen molar-refractivity contribution in [3.8, 4) is 16.9 Å². The Bertz CT molecular complexity index is 2090. The zero-order valence-corrected chi connectivity index (χ0v) is 32.2. The molecule has 11 nitrogen and oxygen atoms in total. The lowest BCUT2D eigenvalue weighted by Crippen LogP contribution is -2.39. The number of hydrogen-bond acceptors (Lipinski definition) is 9. The van der Waals surface area contributed by atoms with Crippen molar-refractivity contribution in [2.45, 2.75) is 69.9 Å². The smallest absolute Gasteiger partial charge is 0.224 e. The van der Waals surface area contributed by atoms with E-state index in [2.05, 4.69) is 22.8 Å². The van der Waals surface area contributed by atoms with Crippen molar-refractivity contribution in [3.63, 3.8) is 0 Å². The van der Waals surface area contributed by atoms with Crippen molar-refractivity contribution < 1.29 is 34.4 Å². The molecule has 298 valence electrons. The van der Waals surface area contributed by atoms with Gasteiger partial charge in [0.25, 0.3) is 0 Å². The molecule has 1 saturated heterocycles. The maximum Gasteiger partial charge on any atom is 0.224 e. The number of aromatic hydroxyl groups is 1. The van der Waals surface area contributed by atoms with Gasteiger partial charge in [0.05, 0.1) is 36.3 Å². The Morgan fingerprint density at radius 1 is 0.807 bits per heavy atom. The molecule has 7 N–H and O–H groups in total. The van der Waals surface area contributed by atoms with Crippen LogP contribution in [0.25, 0.3) is 11.1 Å². The SMILES string of the molecule is CN(CC1CC(c2ccc(CO)cc2)OC(c2cccc(-c3cccc(CNC(=O)CCCCC(=O)Nc4ccccc4N)c3)c2)O1)CC(O)c1cccc(O)c1. The summed E-state index contributed by atoms with van der Waals surface area (Å²) >= 11 is 0. The number of unbranched alkanes of at least 4 members (excludes halogenated alkanes) is 1. The molecule has 5 aromatic carbocycles. The lowest BCUT2D eigenvalue weighted by atomic mass is 9.98. The minimum Gasteiger partial charge on any atom is -0.508 e. The molecule has 57 heavy (non-hydrogen) atoms. The molecule has 0 aliphatic carbocycles. The summed E-state index contributed by atoms with van der Waals surface area (Å²) in [6, 6.07) is 37.6. The second-order valence-corrected chi connectivity index (χ2v) is 14.6. The fourth-order valence-corrected chi connectivity index (χ4v) is 7.00. The quantitative estimate of drug-likeness (QED) is 0.0425. The summed E-state index contributed by atoms with van der Waals surface area (Å²) in [5.41, 5.74) is 13.2. The molecule has 1 heterocycles. The van der Waals surface area contributed by atoms with Gasteiger partial charge in [-0.15, -0.1) is 0 Å². The Balaban J connectivity index is 1.06. The normalized spacial score (nSPS) is 17.2. The summed E-state index contributed by atoms with van der Waals surface area (Å²) < 4.78 is 13.2. The van der Waals surface area contributed by atoms with Crippen LogP contribution in [-0.2, 0) is 32.2 Å². The minimum atomic E-state index is -0.786. The lowest BCUT2D eigenvalue weighted by Gasteiger charge is -2.38. The van der Waals surface area contributed by atoms with E-state index in [0.717, 1.165) is 33.4 Å². The second kappa shape index (κ2) is 20.0. The van der Waals surface area contributed by atoms with E-state index in [1.54, 1.807) is 36.4 Å². The Morgan fingerprint density at radius 2 is 1.53 bits per heavy atom. The Morgan fingerprint density at radius 3 is 2.28 bits per heavy atom. The molecule has 0 spiro atoms. The highest BCUT2D eigenvalue weighted by Crippen LogP contribution is 2.39. The highest BCUT2D eigenvalue weighted by molar-refractivity contribution is 5.93. The number of hydrogen-bond donors (Lipinski definition) is 6. The number of ether oxygens (including phenoxy) is 2. The molecule has 6 rings (SSSR count). The number of anilines is 2. The zero-order valence-electron chi connectivity index (χ0n) is 32.2. The van der Waals surface area contributed by atoms with Crippen LogP contribution >= 0.6 is 0 Å². The van der Waals surface area contributed by atoms with Crippen LogP contribution in [0, 0.1) is 0 Å². The van der Waals surface area contributed by atoms with Gasteiger partial charge < -0.3 is 46.1 Å². The molecule has 0 aromatic heterocycles. The number of phenolic OH excluding ortho intramolecular Hbond substituents is 1. The van der Waals surface area contributed by atoms with Gasteiger partial charge in [-0.25, -0.2) is 0 Å². The summed E-state index contributed by atoms with van der Waals surface area (Å²) in [7, 11) is 1.94. The van der Waals surface area contributed by atoms with Gasteiger partial charge in [0.2, 0.25) is 11.8 Å². The van der Waals surface area contributed by atoms with E-state index in [9.17, 15) is 24.9 Å². The average molecular weight is 773 g/mol. The van der Waals surface area contributed by atoms with Crippen LogP contribution in [0.1, 0.15) is 78.4 Å². The molecule has 1 aliphatic heterocycles. The number of aliphatic hydroxyl groups is 2. The second-order valence-electron chi connectivity index (χ2n) is 14.6. The number of amides is 2. The van der Waals surface area contributed by atoms with Gasteiger partial charge in [-0.1, -0.05) is 84.9 Å². The van der Waals surface area contributed by atoms with E-state index in [0.29, 0.717) is 68.7 Å². The first kappa shape index (κ1) is 41.1. The van der Waals surface area contributed by atoms with Crippen molar-refractivity contribution in [2.75, 3.05) is 31.2 Å². The van der Waals surface area contributed by atoms with Crippen molar-refractivity contribution >= 4 is 23.2 Å². The number of carbonyl (C=O) groups is 2. The van der Waals surface area contributed by atoms with Crippen LogP contribution < -0.4 is 16.4 Å². The van der Waals surface area contributed by atoms with Gasteiger partial charge in [-0.05, 0) is 89.7 Å². The lowest BCUT2D eigenvalue weighted by molar-refractivity contribution is -0.252. The van der Waals surface area contributed by atoms with Crippen molar-refractivity contribution in [3.05, 3.63) is 149 Å². The zero-order chi connectivity index (χ0) is 40.1. The predicted molar refractivity (Wildman–Crippen MR) is 221 cm³/mol. The first-order valence-electron chi connectivity index (χ1n) is 19.4. The Kier molecular flexibility index (Phi) is 14.4. The maximum atomic E-state index is 12.7. The third-order valence-electron chi connectivity index (χ3n) is 10.1. The van der Waals surface area contributed by atoms with E-state index >= 15 is 0 Å². The fourth-order valence-electron chi connectivity index (χ4n) is 7.00. The van der Waals surface area contributed by atoms with E-state index in [-0.39, 0.29) is 36.4 Å². The number of nitrogens with one attached hydrogen (secondary N) is 2. The monoisotopic (exact) mass is 772 g/mol. The van der Waals surface area contributed by atoms with Crippen molar-refractivity contribution in [1.82, 2.24) is 10.2 Å². The molecule has 4 unspecified atom stereocenters. The fraction of sp³-hybridized carbons (Fsp3) is 0.304. The Labute approximate surface area is 334 Å². The number of aliphatic hydroxyl groups excluding tert-OH is 2. The van der Waals surface area contributed by atoms with E-state index < -0.39 is 12.4 Å².